The maximum atomic E-state index is 14.2. The van der Waals surface area contributed by atoms with Gasteiger partial charge in [-0.1, -0.05) is 0 Å². The molecule has 1 fully saturated rings. The molecule has 4 rings (SSSR count). The van der Waals surface area contributed by atoms with E-state index in [1.807, 2.05) is 4.90 Å². The number of aromatic nitrogens is 3. The minimum atomic E-state index is -0.785. The molecule has 0 aliphatic carbocycles. The summed E-state index contributed by atoms with van der Waals surface area (Å²) in [7, 11) is 1.56. The van der Waals surface area contributed by atoms with Crippen LogP contribution in [0.5, 0.6) is 5.75 Å². The summed E-state index contributed by atoms with van der Waals surface area (Å²) < 4.78 is 39.0. The molecule has 0 amide bonds. The fourth-order valence-electron chi connectivity index (χ4n) is 3.96. The van der Waals surface area contributed by atoms with Crippen LogP contribution in [0.15, 0.2) is 42.9 Å². The first-order valence-electron chi connectivity index (χ1n) is 10.4. The maximum Gasteiger partial charge on any atom is 0.168 e. The van der Waals surface area contributed by atoms with Gasteiger partial charge in [0.15, 0.2) is 17.4 Å². The molecule has 8 nitrogen and oxygen atoms in total. The zero-order valence-electron chi connectivity index (χ0n) is 18.1. The molecular weight excluding hydrogens is 430 g/mol. The number of rotatable bonds is 7. The Morgan fingerprint density at radius 2 is 2.00 bits per heavy atom. The molecule has 1 aliphatic heterocycles. The molecule has 0 radical (unpaired) electrons. The van der Waals surface area contributed by atoms with Gasteiger partial charge in [-0.05, 0) is 18.2 Å². The molecule has 2 aromatic heterocycles. The van der Waals surface area contributed by atoms with Gasteiger partial charge in [-0.25, -0.2) is 18.7 Å². The summed E-state index contributed by atoms with van der Waals surface area (Å²) in [6.07, 6.45) is 6.71. The smallest absolute Gasteiger partial charge is 0.168 e. The van der Waals surface area contributed by atoms with Gasteiger partial charge in [0, 0.05) is 63.3 Å². The number of nitrogens with two attached hydrogens (primary N) is 1. The third kappa shape index (κ3) is 4.61. The fraction of sp³-hybridized carbons (Fsp3) is 0.304. The molecule has 172 valence electrons. The number of allylic oxidation sites excluding steroid dienone is 1. The topological polar surface area (TPSA) is 110 Å². The number of fused-ring (bicyclic) bond motifs is 1. The Morgan fingerprint density at radius 3 is 2.67 bits per heavy atom. The number of hydrogen-bond donors (Lipinski definition) is 2. The average molecular weight is 454 g/mol. The van der Waals surface area contributed by atoms with Crippen LogP contribution in [-0.4, -0.2) is 53.6 Å². The summed E-state index contributed by atoms with van der Waals surface area (Å²) in [6, 6.07) is 5.02. The molecule has 1 aliphatic rings. The van der Waals surface area contributed by atoms with E-state index in [0.29, 0.717) is 54.0 Å². The molecule has 0 atom stereocenters. The van der Waals surface area contributed by atoms with Crippen LogP contribution in [0.3, 0.4) is 0 Å². The monoisotopic (exact) mass is 454 g/mol. The Bertz CT molecular complexity index is 1190. The zero-order valence-corrected chi connectivity index (χ0v) is 18.1. The highest BCUT2D eigenvalue weighted by Gasteiger charge is 2.38. The molecule has 10 heteroatoms. The van der Waals surface area contributed by atoms with E-state index in [1.54, 1.807) is 25.6 Å². The lowest BCUT2D eigenvalue weighted by atomic mass is 9.91. The molecule has 3 heterocycles. The first kappa shape index (κ1) is 22.5. The van der Waals surface area contributed by atoms with Crippen LogP contribution in [-0.2, 0) is 4.74 Å². The van der Waals surface area contributed by atoms with Crippen molar-refractivity contribution >= 4 is 28.6 Å². The van der Waals surface area contributed by atoms with Gasteiger partial charge in [-0.3, -0.25) is 4.98 Å². The second-order valence-electron chi connectivity index (χ2n) is 7.81. The molecule has 33 heavy (non-hydrogen) atoms. The average Bonchev–Trinajstić information content (AvgIpc) is 2.82. The second-order valence-corrected chi connectivity index (χ2v) is 7.81. The van der Waals surface area contributed by atoms with Crippen LogP contribution in [0, 0.1) is 17.0 Å². The number of nitrogens with zero attached hydrogens (tertiary/aromatic N) is 4. The SMILES string of the molecule is COCC1(Oc2ccc(F)cc2F)CCN(c2nc3ccncc3nc2/C(C=N)=C/N)CC1. The number of piperidine rings is 1. The summed E-state index contributed by atoms with van der Waals surface area (Å²) in [4.78, 5) is 15.5. The number of benzene rings is 1. The van der Waals surface area contributed by atoms with Gasteiger partial charge < -0.3 is 25.5 Å². The van der Waals surface area contributed by atoms with E-state index in [0.717, 1.165) is 18.3 Å². The number of anilines is 1. The van der Waals surface area contributed by atoms with Gasteiger partial charge in [-0.15, -0.1) is 0 Å². The Labute approximate surface area is 189 Å². The molecule has 1 aromatic carbocycles. The zero-order chi connectivity index (χ0) is 23.4. The molecule has 3 N–H and O–H groups in total. The molecule has 0 saturated carbocycles. The highest BCUT2D eigenvalue weighted by molar-refractivity contribution is 6.09. The van der Waals surface area contributed by atoms with Crippen molar-refractivity contribution in [3.63, 3.8) is 0 Å². The van der Waals surface area contributed by atoms with E-state index < -0.39 is 17.2 Å². The van der Waals surface area contributed by atoms with E-state index in [9.17, 15) is 8.78 Å². The molecule has 0 unspecified atom stereocenters. The van der Waals surface area contributed by atoms with Crippen LogP contribution in [0.2, 0.25) is 0 Å². The summed E-state index contributed by atoms with van der Waals surface area (Å²) in [5, 5.41) is 7.72. The van der Waals surface area contributed by atoms with E-state index >= 15 is 0 Å². The predicted octanol–water partition coefficient (Wildman–Crippen LogP) is 3.32. The second kappa shape index (κ2) is 9.45. The van der Waals surface area contributed by atoms with Crippen LogP contribution in [0.4, 0.5) is 14.6 Å². The van der Waals surface area contributed by atoms with Crippen LogP contribution < -0.4 is 15.4 Å². The Balaban J connectivity index is 1.64. The van der Waals surface area contributed by atoms with Gasteiger partial charge >= 0.3 is 0 Å². The lowest BCUT2D eigenvalue weighted by Gasteiger charge is -2.42. The summed E-state index contributed by atoms with van der Waals surface area (Å²) >= 11 is 0. The van der Waals surface area contributed by atoms with Gasteiger partial charge in [0.25, 0.3) is 0 Å². The summed E-state index contributed by atoms with van der Waals surface area (Å²) in [5.74, 6) is -0.846. The number of halogens is 2. The molecule has 0 spiro atoms. The van der Waals surface area contributed by atoms with Crippen molar-refractivity contribution in [1.29, 1.82) is 5.41 Å². The van der Waals surface area contributed by atoms with Crippen molar-refractivity contribution < 1.29 is 18.3 Å². The summed E-state index contributed by atoms with van der Waals surface area (Å²) in [5.41, 5.74) is 7.13. The number of ether oxygens (including phenoxy) is 2. The fourth-order valence-corrected chi connectivity index (χ4v) is 3.96. The van der Waals surface area contributed by atoms with Gasteiger partial charge in [0.1, 0.15) is 22.6 Å². The standard InChI is InChI=1S/C23H24F2N6O2/c1-32-14-23(33-20-3-2-16(24)10-17(20)25)5-8-31(9-6-23)22-21(15(11-26)12-27)29-19-13-28-7-4-18(19)30-22/h2-4,7,10-13,26H,5-6,8-9,14,27H2,1H3/b15-12+,26-11?. The van der Waals surface area contributed by atoms with E-state index in [1.165, 1.54) is 12.3 Å². The number of pyridine rings is 1. The third-order valence-corrected chi connectivity index (χ3v) is 5.66. The quantitative estimate of drug-likeness (QED) is 0.527. The van der Waals surface area contributed by atoms with Crippen molar-refractivity contribution in [3.05, 3.63) is 60.2 Å². The predicted molar refractivity (Wildman–Crippen MR) is 121 cm³/mol. The maximum absolute atomic E-state index is 14.2. The largest absolute Gasteiger partial charge is 0.482 e. The van der Waals surface area contributed by atoms with Crippen molar-refractivity contribution in [2.45, 2.75) is 18.4 Å². The van der Waals surface area contributed by atoms with Crippen LogP contribution in [0.1, 0.15) is 18.5 Å². The highest BCUT2D eigenvalue weighted by Crippen LogP contribution is 2.34. The van der Waals surface area contributed by atoms with E-state index in [2.05, 4.69) is 9.97 Å². The molecule has 0 bridgehead atoms. The number of hydrogen-bond acceptors (Lipinski definition) is 8. The van der Waals surface area contributed by atoms with Gasteiger partial charge in [0.05, 0.1) is 18.3 Å². The first-order chi connectivity index (χ1) is 16.0. The van der Waals surface area contributed by atoms with Crippen molar-refractivity contribution in [2.24, 2.45) is 5.73 Å². The van der Waals surface area contributed by atoms with Gasteiger partial charge in [0.2, 0.25) is 0 Å². The van der Waals surface area contributed by atoms with Crippen molar-refractivity contribution in [1.82, 2.24) is 15.0 Å². The first-order valence-corrected chi connectivity index (χ1v) is 10.4. The number of nitrogens with one attached hydrogen (secondary N) is 1. The molecule has 3 aromatic rings. The van der Waals surface area contributed by atoms with E-state index in [-0.39, 0.29) is 12.4 Å². The van der Waals surface area contributed by atoms with Gasteiger partial charge in [-0.2, -0.15) is 0 Å². The van der Waals surface area contributed by atoms with E-state index in [4.69, 9.17) is 25.6 Å². The highest BCUT2D eigenvalue weighted by atomic mass is 19.1. The van der Waals surface area contributed by atoms with Crippen LogP contribution >= 0.6 is 0 Å². The Hall–Kier alpha value is -3.66. The minimum absolute atomic E-state index is 0.0160. The molecule has 1 saturated heterocycles. The lowest BCUT2D eigenvalue weighted by molar-refractivity contribution is -0.0290. The van der Waals surface area contributed by atoms with Crippen LogP contribution in [0.25, 0.3) is 16.6 Å². The van der Waals surface area contributed by atoms with Crippen molar-refractivity contribution in [3.8, 4) is 5.75 Å². The third-order valence-electron chi connectivity index (χ3n) is 5.66. The van der Waals surface area contributed by atoms with Crippen molar-refractivity contribution in [2.75, 3.05) is 31.7 Å². The Kier molecular flexibility index (Phi) is 6.45. The summed E-state index contributed by atoms with van der Waals surface area (Å²) in [6.45, 7) is 1.27. The Morgan fingerprint density at radius 1 is 1.21 bits per heavy atom. The minimum Gasteiger partial charge on any atom is -0.482 e. The molecular formula is C23H24F2N6O2. The lowest BCUT2D eigenvalue weighted by Crippen LogP contribution is -2.51. The number of methoxy groups -OCH3 is 1. The normalized spacial score (nSPS) is 16.1.